The van der Waals surface area contributed by atoms with Gasteiger partial charge < -0.3 is 15.5 Å². The van der Waals surface area contributed by atoms with Crippen LogP contribution >= 0.6 is 8.03 Å². The first-order valence-electron chi connectivity index (χ1n) is 4.50. The molecular formula is C9H13N2O2P. The standard InChI is InChI=1S/C9H13N2O2P/c10-7-5-11(6-7)8-1-3-9(4-2-8)14(12)13/h1-4,7,14H,5-6,10H2,(H,12,13). The van der Waals surface area contributed by atoms with Gasteiger partial charge in [-0.3, -0.25) is 4.57 Å². The van der Waals surface area contributed by atoms with Crippen LogP contribution in [0.25, 0.3) is 0 Å². The van der Waals surface area contributed by atoms with Gasteiger partial charge in [0, 0.05) is 30.1 Å². The fourth-order valence-electron chi connectivity index (χ4n) is 1.54. The Kier molecular flexibility index (Phi) is 2.59. The predicted octanol–water partition coefficient (Wildman–Crippen LogP) is -0.0738. The summed E-state index contributed by atoms with van der Waals surface area (Å²) in [6, 6.07) is 7.38. The average molecular weight is 212 g/mol. The number of anilines is 1. The van der Waals surface area contributed by atoms with Crippen LogP contribution in [0.2, 0.25) is 0 Å². The Balaban J connectivity index is 2.10. The summed E-state index contributed by atoms with van der Waals surface area (Å²) >= 11 is 0. The first-order valence-corrected chi connectivity index (χ1v) is 5.86. The lowest BCUT2D eigenvalue weighted by atomic mass is 10.1. The van der Waals surface area contributed by atoms with Crippen molar-refractivity contribution in [2.75, 3.05) is 18.0 Å². The first kappa shape index (κ1) is 9.71. The van der Waals surface area contributed by atoms with Gasteiger partial charge in [0.1, 0.15) is 0 Å². The van der Waals surface area contributed by atoms with E-state index in [-0.39, 0.29) is 6.04 Å². The number of nitrogens with two attached hydrogens (primary N) is 1. The Morgan fingerprint density at radius 1 is 1.36 bits per heavy atom. The molecule has 1 saturated heterocycles. The number of benzene rings is 1. The van der Waals surface area contributed by atoms with E-state index in [9.17, 15) is 4.57 Å². The average Bonchev–Trinajstić information content (AvgIpc) is 2.13. The SMILES string of the molecule is NC1CN(c2ccc([PH](=O)O)cc2)C1. The molecule has 2 rings (SSSR count). The monoisotopic (exact) mass is 212 g/mol. The smallest absolute Gasteiger partial charge is 0.218 e. The molecule has 4 nitrogen and oxygen atoms in total. The Morgan fingerprint density at radius 3 is 2.36 bits per heavy atom. The molecule has 1 aliphatic rings. The number of hydrogen-bond acceptors (Lipinski definition) is 3. The molecule has 0 amide bonds. The molecule has 0 saturated carbocycles. The third kappa shape index (κ3) is 1.82. The molecule has 5 heteroatoms. The van der Waals surface area contributed by atoms with Crippen LogP contribution in [0.3, 0.4) is 0 Å². The van der Waals surface area contributed by atoms with E-state index in [0.29, 0.717) is 5.30 Å². The lowest BCUT2D eigenvalue weighted by Gasteiger charge is -2.38. The van der Waals surface area contributed by atoms with Crippen LogP contribution < -0.4 is 15.9 Å². The second-order valence-electron chi connectivity index (χ2n) is 3.52. The first-order chi connectivity index (χ1) is 6.66. The van der Waals surface area contributed by atoms with E-state index in [1.807, 2.05) is 12.1 Å². The topological polar surface area (TPSA) is 66.6 Å². The van der Waals surface area contributed by atoms with Gasteiger partial charge in [0.15, 0.2) is 0 Å². The van der Waals surface area contributed by atoms with E-state index < -0.39 is 8.03 Å². The largest absolute Gasteiger partial charge is 0.368 e. The van der Waals surface area contributed by atoms with Crippen LogP contribution in [-0.2, 0) is 4.57 Å². The molecule has 1 aromatic rings. The van der Waals surface area contributed by atoms with E-state index in [0.717, 1.165) is 18.8 Å². The van der Waals surface area contributed by atoms with Gasteiger partial charge >= 0.3 is 0 Å². The third-order valence-electron chi connectivity index (χ3n) is 2.39. The van der Waals surface area contributed by atoms with Crippen molar-refractivity contribution >= 4 is 19.0 Å². The minimum atomic E-state index is -2.55. The van der Waals surface area contributed by atoms with E-state index in [4.69, 9.17) is 10.6 Å². The Labute approximate surface area is 83.2 Å². The van der Waals surface area contributed by atoms with E-state index in [1.54, 1.807) is 12.1 Å². The maximum absolute atomic E-state index is 10.8. The molecule has 0 spiro atoms. The highest BCUT2D eigenvalue weighted by Gasteiger charge is 2.22. The summed E-state index contributed by atoms with van der Waals surface area (Å²) in [5.41, 5.74) is 6.73. The lowest BCUT2D eigenvalue weighted by Crippen LogP contribution is -2.55. The van der Waals surface area contributed by atoms with Crippen molar-refractivity contribution in [2.45, 2.75) is 6.04 Å². The highest BCUT2D eigenvalue weighted by atomic mass is 31.1. The van der Waals surface area contributed by atoms with Gasteiger partial charge in [0.05, 0.1) is 0 Å². The minimum absolute atomic E-state index is 0.270. The van der Waals surface area contributed by atoms with Crippen LogP contribution in [0.5, 0.6) is 0 Å². The summed E-state index contributed by atoms with van der Waals surface area (Å²) in [5.74, 6) is 0. The molecule has 0 aliphatic carbocycles. The number of rotatable bonds is 2. The highest BCUT2D eigenvalue weighted by molar-refractivity contribution is 7.47. The molecule has 14 heavy (non-hydrogen) atoms. The van der Waals surface area contributed by atoms with E-state index in [2.05, 4.69) is 4.90 Å². The molecule has 0 aromatic heterocycles. The van der Waals surface area contributed by atoms with Crippen molar-refractivity contribution in [1.82, 2.24) is 0 Å². The molecule has 1 aromatic carbocycles. The zero-order chi connectivity index (χ0) is 10.1. The fraction of sp³-hybridized carbons (Fsp3) is 0.333. The van der Waals surface area contributed by atoms with Crippen molar-refractivity contribution in [1.29, 1.82) is 0 Å². The van der Waals surface area contributed by atoms with Crippen molar-refractivity contribution < 1.29 is 9.46 Å². The quantitative estimate of drug-likeness (QED) is 0.673. The maximum Gasteiger partial charge on any atom is 0.218 e. The molecule has 1 atom stereocenters. The summed E-state index contributed by atoms with van der Waals surface area (Å²) in [4.78, 5) is 11.0. The maximum atomic E-state index is 10.8. The van der Waals surface area contributed by atoms with Crippen molar-refractivity contribution in [2.24, 2.45) is 5.73 Å². The Hall–Kier alpha value is -0.830. The summed E-state index contributed by atoms with van der Waals surface area (Å²) in [6.07, 6.45) is 0. The highest BCUT2D eigenvalue weighted by Crippen LogP contribution is 2.21. The molecule has 76 valence electrons. The summed E-state index contributed by atoms with van der Waals surface area (Å²) in [5, 5.41) is 0.503. The summed E-state index contributed by atoms with van der Waals surface area (Å²) in [6.45, 7) is 1.74. The zero-order valence-corrected chi connectivity index (χ0v) is 8.68. The number of nitrogens with zero attached hydrogens (tertiary/aromatic N) is 1. The molecule has 1 aliphatic heterocycles. The minimum Gasteiger partial charge on any atom is -0.368 e. The summed E-state index contributed by atoms with van der Waals surface area (Å²) in [7, 11) is -2.55. The molecule has 1 heterocycles. The van der Waals surface area contributed by atoms with Crippen LogP contribution in [0.15, 0.2) is 24.3 Å². The molecule has 3 N–H and O–H groups in total. The molecule has 0 radical (unpaired) electrons. The summed E-state index contributed by atoms with van der Waals surface area (Å²) < 4.78 is 10.8. The van der Waals surface area contributed by atoms with Gasteiger partial charge in [0.2, 0.25) is 8.03 Å². The molecular weight excluding hydrogens is 199 g/mol. The van der Waals surface area contributed by atoms with Gasteiger partial charge in [-0.1, -0.05) is 0 Å². The van der Waals surface area contributed by atoms with E-state index >= 15 is 0 Å². The second-order valence-corrected chi connectivity index (χ2v) is 4.70. The van der Waals surface area contributed by atoms with Gasteiger partial charge in [-0.2, -0.15) is 0 Å². The normalized spacial score (nSPS) is 19.1. The lowest BCUT2D eigenvalue weighted by molar-refractivity contribution is 0.513. The zero-order valence-electron chi connectivity index (χ0n) is 7.68. The van der Waals surface area contributed by atoms with Crippen LogP contribution in [-0.4, -0.2) is 24.0 Å². The third-order valence-corrected chi connectivity index (χ3v) is 3.22. The molecule has 1 fully saturated rings. The van der Waals surface area contributed by atoms with E-state index in [1.165, 1.54) is 0 Å². The van der Waals surface area contributed by atoms with Gasteiger partial charge in [-0.05, 0) is 24.3 Å². The van der Waals surface area contributed by atoms with Crippen molar-refractivity contribution in [3.63, 3.8) is 0 Å². The Morgan fingerprint density at radius 2 is 1.93 bits per heavy atom. The number of hydrogen-bond donors (Lipinski definition) is 2. The predicted molar refractivity (Wildman–Crippen MR) is 57.5 cm³/mol. The fourth-order valence-corrected chi connectivity index (χ4v) is 1.99. The molecule has 1 unspecified atom stereocenters. The van der Waals surface area contributed by atoms with Gasteiger partial charge in [0.25, 0.3) is 0 Å². The second kappa shape index (κ2) is 3.73. The van der Waals surface area contributed by atoms with Crippen LogP contribution in [0, 0.1) is 0 Å². The van der Waals surface area contributed by atoms with Crippen molar-refractivity contribution in [3.05, 3.63) is 24.3 Å². The Bertz CT molecular complexity index is 346. The van der Waals surface area contributed by atoms with Gasteiger partial charge in [-0.15, -0.1) is 0 Å². The molecule has 0 bridgehead atoms. The van der Waals surface area contributed by atoms with Crippen molar-refractivity contribution in [3.8, 4) is 0 Å². The van der Waals surface area contributed by atoms with Gasteiger partial charge in [-0.25, -0.2) is 0 Å². The van der Waals surface area contributed by atoms with Crippen LogP contribution in [0.1, 0.15) is 0 Å². The van der Waals surface area contributed by atoms with Crippen LogP contribution in [0.4, 0.5) is 5.69 Å².